The van der Waals surface area contributed by atoms with Gasteiger partial charge in [0.2, 0.25) is 0 Å². The third-order valence-electron chi connectivity index (χ3n) is 0.489. The van der Waals surface area contributed by atoms with E-state index in [0.29, 0.717) is 6.29 Å². The Hall–Kier alpha value is -1.19. The van der Waals surface area contributed by atoms with Gasteiger partial charge in [0.25, 0.3) is 0 Å². The minimum absolute atomic E-state index is 0.144. The van der Waals surface area contributed by atoms with Gasteiger partial charge in [-0.15, -0.1) is 0 Å². The summed E-state index contributed by atoms with van der Waals surface area (Å²) >= 11 is 0. The normalized spacial score (nSPS) is 10.7. The Morgan fingerprint density at radius 2 is 2.11 bits per heavy atom. The van der Waals surface area contributed by atoms with E-state index in [1.54, 1.807) is 0 Å². The lowest BCUT2D eigenvalue weighted by Crippen LogP contribution is -1.97. The second kappa shape index (κ2) is 3.77. The van der Waals surface area contributed by atoms with Gasteiger partial charge in [-0.2, -0.15) is 0 Å². The van der Waals surface area contributed by atoms with E-state index in [2.05, 4.69) is 9.99 Å². The maximum atomic E-state index is 10.0. The average molecular weight is 129 g/mol. The summed E-state index contributed by atoms with van der Waals surface area (Å²) in [7, 11) is 0. The predicted molar refractivity (Wildman–Crippen MR) is 30.9 cm³/mol. The molecular formula is C5H7NO3. The van der Waals surface area contributed by atoms with E-state index >= 15 is 0 Å². The van der Waals surface area contributed by atoms with E-state index in [4.69, 9.17) is 0 Å². The van der Waals surface area contributed by atoms with Crippen LogP contribution in [0.1, 0.15) is 13.8 Å². The monoisotopic (exact) mass is 129 g/mol. The Morgan fingerprint density at radius 3 is 2.44 bits per heavy atom. The molecule has 0 saturated heterocycles. The molecule has 0 unspecified atom stereocenters. The quantitative estimate of drug-likeness (QED) is 0.230. The van der Waals surface area contributed by atoms with Crippen molar-refractivity contribution >= 4 is 18.0 Å². The minimum atomic E-state index is -0.531. The van der Waals surface area contributed by atoms with Crippen molar-refractivity contribution in [1.29, 1.82) is 0 Å². The van der Waals surface area contributed by atoms with Gasteiger partial charge in [-0.05, 0) is 6.92 Å². The van der Waals surface area contributed by atoms with Crippen LogP contribution in [0.3, 0.4) is 0 Å². The van der Waals surface area contributed by atoms with Crippen LogP contribution in [0.5, 0.6) is 0 Å². The Morgan fingerprint density at radius 1 is 1.56 bits per heavy atom. The summed E-state index contributed by atoms with van der Waals surface area (Å²) in [5.74, 6) is -0.531. The molecular weight excluding hydrogens is 122 g/mol. The van der Waals surface area contributed by atoms with E-state index in [-0.39, 0.29) is 5.71 Å². The summed E-state index contributed by atoms with van der Waals surface area (Å²) in [5, 5.41) is 3.14. The third-order valence-corrected chi connectivity index (χ3v) is 0.489. The SMILES string of the molecule is CC(=O)O/N=C(/C)C=O. The second-order valence-corrected chi connectivity index (χ2v) is 1.43. The van der Waals surface area contributed by atoms with Gasteiger partial charge < -0.3 is 4.84 Å². The van der Waals surface area contributed by atoms with E-state index < -0.39 is 5.97 Å². The lowest BCUT2D eigenvalue weighted by molar-refractivity contribution is -0.140. The van der Waals surface area contributed by atoms with Gasteiger partial charge in [0, 0.05) is 6.92 Å². The highest BCUT2D eigenvalue weighted by Crippen LogP contribution is 1.77. The van der Waals surface area contributed by atoms with Gasteiger partial charge >= 0.3 is 5.97 Å². The molecule has 0 radical (unpaired) electrons. The van der Waals surface area contributed by atoms with Crippen molar-refractivity contribution in [3.05, 3.63) is 0 Å². The van der Waals surface area contributed by atoms with Gasteiger partial charge in [-0.1, -0.05) is 5.16 Å². The van der Waals surface area contributed by atoms with Crippen LogP contribution < -0.4 is 0 Å². The van der Waals surface area contributed by atoms with Gasteiger partial charge in [-0.25, -0.2) is 4.79 Å². The van der Waals surface area contributed by atoms with Crippen LogP contribution in [0.15, 0.2) is 5.16 Å². The lowest BCUT2D eigenvalue weighted by atomic mass is 10.5. The van der Waals surface area contributed by atoms with Gasteiger partial charge in [0.15, 0.2) is 6.29 Å². The molecule has 0 saturated carbocycles. The third kappa shape index (κ3) is 4.67. The highest BCUT2D eigenvalue weighted by atomic mass is 16.7. The first-order valence-electron chi connectivity index (χ1n) is 2.34. The largest absolute Gasteiger partial charge is 0.331 e. The van der Waals surface area contributed by atoms with Crippen molar-refractivity contribution in [3.63, 3.8) is 0 Å². The molecule has 9 heavy (non-hydrogen) atoms. The maximum Gasteiger partial charge on any atom is 0.331 e. The summed E-state index contributed by atoms with van der Waals surface area (Å²) in [4.78, 5) is 23.9. The van der Waals surface area contributed by atoms with Crippen LogP contribution in [0.25, 0.3) is 0 Å². The minimum Gasteiger partial charge on any atom is -0.318 e. The van der Waals surface area contributed by atoms with Gasteiger partial charge in [-0.3, -0.25) is 4.79 Å². The number of carbonyl (C=O) groups excluding carboxylic acids is 2. The second-order valence-electron chi connectivity index (χ2n) is 1.43. The van der Waals surface area contributed by atoms with Crippen molar-refractivity contribution in [1.82, 2.24) is 0 Å². The molecule has 0 aromatic carbocycles. The zero-order chi connectivity index (χ0) is 7.28. The van der Waals surface area contributed by atoms with E-state index in [9.17, 15) is 9.59 Å². The zero-order valence-corrected chi connectivity index (χ0v) is 5.25. The van der Waals surface area contributed by atoms with Crippen LogP contribution in [0, 0.1) is 0 Å². The molecule has 50 valence electrons. The molecule has 0 aromatic rings. The standard InChI is InChI=1S/C5H7NO3/c1-4(3-7)6-9-5(2)8/h3H,1-2H3/b6-4-. The first kappa shape index (κ1) is 7.81. The predicted octanol–water partition coefficient (Wildman–Crippen LogP) is 0.124. The van der Waals surface area contributed by atoms with Gasteiger partial charge in [0.05, 0.1) is 0 Å². The molecule has 0 N–H and O–H groups in total. The molecule has 0 heterocycles. The number of hydrogen-bond acceptors (Lipinski definition) is 4. The number of aldehydes is 1. The summed E-state index contributed by atoms with van der Waals surface area (Å²) in [6, 6.07) is 0. The van der Waals surface area contributed by atoms with Crippen molar-refractivity contribution in [2.24, 2.45) is 5.16 Å². The van der Waals surface area contributed by atoms with Gasteiger partial charge in [0.1, 0.15) is 5.71 Å². The summed E-state index contributed by atoms with van der Waals surface area (Å²) in [6.07, 6.45) is 0.503. The Balaban J connectivity index is 3.69. The highest BCUT2D eigenvalue weighted by Gasteiger charge is 1.89. The van der Waals surface area contributed by atoms with Crippen LogP contribution in [0.2, 0.25) is 0 Å². The Bertz CT molecular complexity index is 150. The van der Waals surface area contributed by atoms with Crippen molar-refractivity contribution < 1.29 is 14.4 Å². The van der Waals surface area contributed by atoms with Crippen LogP contribution in [-0.4, -0.2) is 18.0 Å². The van der Waals surface area contributed by atoms with Crippen LogP contribution in [-0.2, 0) is 14.4 Å². The topological polar surface area (TPSA) is 55.7 Å². The molecule has 0 aliphatic carbocycles. The smallest absolute Gasteiger partial charge is 0.318 e. The zero-order valence-electron chi connectivity index (χ0n) is 5.25. The number of oxime groups is 1. The maximum absolute atomic E-state index is 10.0. The van der Waals surface area contributed by atoms with E-state index in [1.807, 2.05) is 0 Å². The first-order chi connectivity index (χ1) is 4.16. The van der Waals surface area contributed by atoms with Crippen LogP contribution >= 0.6 is 0 Å². The molecule has 0 aliphatic heterocycles. The van der Waals surface area contributed by atoms with Crippen molar-refractivity contribution in [2.45, 2.75) is 13.8 Å². The molecule has 0 amide bonds. The van der Waals surface area contributed by atoms with Crippen molar-refractivity contribution in [2.75, 3.05) is 0 Å². The fraction of sp³-hybridized carbons (Fsp3) is 0.400. The average Bonchev–Trinajstić information content (AvgIpc) is 1.83. The molecule has 4 heteroatoms. The van der Waals surface area contributed by atoms with Crippen LogP contribution in [0.4, 0.5) is 0 Å². The summed E-state index contributed by atoms with van der Waals surface area (Å²) < 4.78 is 0. The fourth-order valence-corrected chi connectivity index (χ4v) is 0.158. The Labute approximate surface area is 52.5 Å². The molecule has 0 atom stereocenters. The highest BCUT2D eigenvalue weighted by molar-refractivity contribution is 6.26. The number of hydrogen-bond donors (Lipinski definition) is 0. The first-order valence-corrected chi connectivity index (χ1v) is 2.34. The number of carbonyl (C=O) groups is 2. The fourth-order valence-electron chi connectivity index (χ4n) is 0.158. The summed E-state index contributed by atoms with van der Waals surface area (Å²) in [6.45, 7) is 2.65. The molecule has 0 rings (SSSR count). The van der Waals surface area contributed by atoms with E-state index in [0.717, 1.165) is 0 Å². The molecule has 0 bridgehead atoms. The molecule has 0 fully saturated rings. The van der Waals surface area contributed by atoms with Crippen molar-refractivity contribution in [3.8, 4) is 0 Å². The molecule has 4 nitrogen and oxygen atoms in total. The lowest BCUT2D eigenvalue weighted by Gasteiger charge is -1.87. The van der Waals surface area contributed by atoms with E-state index in [1.165, 1.54) is 13.8 Å². The number of rotatable bonds is 2. The molecule has 0 aliphatic rings. The summed E-state index contributed by atoms with van der Waals surface area (Å²) in [5.41, 5.74) is 0.144. The molecule has 0 aromatic heterocycles. The number of nitrogens with zero attached hydrogens (tertiary/aromatic N) is 1. The molecule has 0 spiro atoms. The Kier molecular flexibility index (Phi) is 3.27.